The summed E-state index contributed by atoms with van der Waals surface area (Å²) in [5.74, 6) is -1.24. The maximum atomic E-state index is 11.9. The molecule has 4 N–H and O–H groups in total. The minimum Gasteiger partial charge on any atom is -0.507 e. The van der Waals surface area contributed by atoms with E-state index in [1.165, 1.54) is 7.11 Å². The fourth-order valence-electron chi connectivity index (χ4n) is 2.96. The van der Waals surface area contributed by atoms with Crippen LogP contribution in [0.15, 0.2) is 11.6 Å². The number of nitrogens with one attached hydrogen (secondary N) is 1. The highest BCUT2D eigenvalue weighted by Gasteiger charge is 2.31. The molecule has 1 aromatic carbocycles. The molecule has 0 aromatic heterocycles. The molecule has 2 rings (SSSR count). The zero-order chi connectivity index (χ0) is 20.8. The molecule has 0 fully saturated rings. The van der Waals surface area contributed by atoms with Crippen molar-refractivity contribution >= 4 is 17.8 Å². The molecule has 0 radical (unpaired) electrons. The Balaban J connectivity index is 2.06. The number of fused-ring (bicyclic) bond motifs is 1. The second-order valence-corrected chi connectivity index (χ2v) is 6.45. The van der Waals surface area contributed by atoms with Crippen molar-refractivity contribution in [2.24, 2.45) is 5.73 Å². The van der Waals surface area contributed by atoms with Gasteiger partial charge in [0.25, 0.3) is 0 Å². The lowest BCUT2D eigenvalue weighted by Gasteiger charge is -2.15. The van der Waals surface area contributed by atoms with Crippen molar-refractivity contribution in [2.75, 3.05) is 13.7 Å². The summed E-state index contributed by atoms with van der Waals surface area (Å²) in [6, 6.07) is 0. The Kier molecular flexibility index (Phi) is 7.00. The number of methoxy groups -OCH3 is 1. The molecule has 1 aromatic rings. The number of phenolic OH excluding ortho intramolecular Hbond substituents is 1. The van der Waals surface area contributed by atoms with E-state index < -0.39 is 11.9 Å². The van der Waals surface area contributed by atoms with Gasteiger partial charge in [-0.25, -0.2) is 10.3 Å². The summed E-state index contributed by atoms with van der Waals surface area (Å²) in [5.41, 5.74) is 10.00. The van der Waals surface area contributed by atoms with E-state index in [9.17, 15) is 19.5 Å². The van der Waals surface area contributed by atoms with Crippen LogP contribution in [0.4, 0.5) is 0 Å². The molecular formula is C19H24N2O7. The van der Waals surface area contributed by atoms with E-state index in [2.05, 4.69) is 10.3 Å². The van der Waals surface area contributed by atoms with Crippen LogP contribution in [0.3, 0.4) is 0 Å². The van der Waals surface area contributed by atoms with Gasteiger partial charge in [0.2, 0.25) is 11.8 Å². The summed E-state index contributed by atoms with van der Waals surface area (Å²) < 4.78 is 10.5. The van der Waals surface area contributed by atoms with Gasteiger partial charge in [-0.1, -0.05) is 11.6 Å². The molecule has 0 aliphatic carbocycles. The summed E-state index contributed by atoms with van der Waals surface area (Å²) in [6.45, 7) is 3.39. The lowest BCUT2D eigenvalue weighted by Crippen LogP contribution is -2.29. The minimum absolute atomic E-state index is 0.117. The molecule has 0 spiro atoms. The van der Waals surface area contributed by atoms with Crippen LogP contribution in [-0.2, 0) is 32.2 Å². The highest BCUT2D eigenvalue weighted by molar-refractivity contribution is 5.98. The number of esters is 1. The lowest BCUT2D eigenvalue weighted by atomic mass is 9.94. The van der Waals surface area contributed by atoms with Gasteiger partial charge < -0.3 is 20.3 Å². The average molecular weight is 392 g/mol. The van der Waals surface area contributed by atoms with Crippen molar-refractivity contribution in [3.05, 3.63) is 33.9 Å². The van der Waals surface area contributed by atoms with Crippen molar-refractivity contribution in [3.8, 4) is 11.5 Å². The Morgan fingerprint density at radius 1 is 1.36 bits per heavy atom. The summed E-state index contributed by atoms with van der Waals surface area (Å²) in [7, 11) is 1.50. The van der Waals surface area contributed by atoms with Crippen LogP contribution in [-0.4, -0.2) is 36.6 Å². The van der Waals surface area contributed by atoms with E-state index in [0.29, 0.717) is 29.7 Å². The molecule has 9 nitrogen and oxygen atoms in total. The number of carbonyl (C=O) groups excluding carboxylic acids is 3. The molecule has 0 atom stereocenters. The van der Waals surface area contributed by atoms with Crippen LogP contribution in [0, 0.1) is 6.92 Å². The van der Waals surface area contributed by atoms with Gasteiger partial charge in [0, 0.05) is 17.5 Å². The Hall–Kier alpha value is -3.07. The maximum absolute atomic E-state index is 11.9. The number of hydrogen-bond donors (Lipinski definition) is 3. The Morgan fingerprint density at radius 3 is 2.71 bits per heavy atom. The Labute approximate surface area is 162 Å². The third kappa shape index (κ3) is 4.80. The van der Waals surface area contributed by atoms with E-state index in [4.69, 9.17) is 15.2 Å². The van der Waals surface area contributed by atoms with E-state index in [0.717, 1.165) is 11.1 Å². The smallest absolute Gasteiger partial charge is 0.342 e. The first kappa shape index (κ1) is 21.2. The first-order valence-electron chi connectivity index (χ1n) is 8.69. The quantitative estimate of drug-likeness (QED) is 0.326. The molecular weight excluding hydrogens is 368 g/mol. The van der Waals surface area contributed by atoms with Gasteiger partial charge in [-0.05, 0) is 32.3 Å². The number of rotatable bonds is 9. The first-order chi connectivity index (χ1) is 13.3. The number of carbonyl (C=O) groups is 3. The highest BCUT2D eigenvalue weighted by Crippen LogP contribution is 2.42. The molecule has 1 heterocycles. The molecule has 2 amide bonds. The van der Waals surface area contributed by atoms with Crippen LogP contribution in [0.25, 0.3) is 0 Å². The van der Waals surface area contributed by atoms with E-state index in [1.54, 1.807) is 0 Å². The van der Waals surface area contributed by atoms with Gasteiger partial charge in [-0.15, -0.1) is 0 Å². The predicted octanol–water partition coefficient (Wildman–Crippen LogP) is 1.18. The summed E-state index contributed by atoms with van der Waals surface area (Å²) in [5, 5.41) is 10.6. The third-order valence-electron chi connectivity index (χ3n) is 4.45. The van der Waals surface area contributed by atoms with Crippen LogP contribution in [0.2, 0.25) is 0 Å². The maximum Gasteiger partial charge on any atom is 0.342 e. The number of primary amides is 1. The van der Waals surface area contributed by atoms with Gasteiger partial charge >= 0.3 is 5.97 Å². The lowest BCUT2D eigenvalue weighted by molar-refractivity contribution is -0.137. The number of allylic oxidation sites excluding steroid dienone is 2. The zero-order valence-corrected chi connectivity index (χ0v) is 16.1. The number of ether oxygens (including phenoxy) is 2. The van der Waals surface area contributed by atoms with E-state index in [1.807, 2.05) is 19.9 Å². The SMILES string of the molecule is COc1c(C)c2c(c(O)c1CC=C(C)CCC(=O)NOCC(N)=O)C(=O)OC2. The number of cyclic esters (lactones) is 1. The summed E-state index contributed by atoms with van der Waals surface area (Å²) in [4.78, 5) is 38.7. The predicted molar refractivity (Wildman–Crippen MR) is 98.5 cm³/mol. The van der Waals surface area contributed by atoms with Crippen LogP contribution in [0.1, 0.15) is 46.8 Å². The van der Waals surface area contributed by atoms with Gasteiger partial charge in [0.15, 0.2) is 6.61 Å². The minimum atomic E-state index is -0.682. The molecule has 0 unspecified atom stereocenters. The second-order valence-electron chi connectivity index (χ2n) is 6.45. The normalized spacial score (nSPS) is 13.1. The van der Waals surface area contributed by atoms with Crippen molar-refractivity contribution < 1.29 is 33.8 Å². The topological polar surface area (TPSA) is 137 Å². The monoisotopic (exact) mass is 392 g/mol. The van der Waals surface area contributed by atoms with E-state index >= 15 is 0 Å². The highest BCUT2D eigenvalue weighted by atomic mass is 16.7. The van der Waals surface area contributed by atoms with Crippen molar-refractivity contribution in [2.45, 2.75) is 39.7 Å². The summed E-state index contributed by atoms with van der Waals surface area (Å²) >= 11 is 0. The number of aromatic hydroxyl groups is 1. The summed E-state index contributed by atoms with van der Waals surface area (Å²) in [6.07, 6.45) is 2.77. The van der Waals surface area contributed by atoms with Crippen LogP contribution >= 0.6 is 0 Å². The fraction of sp³-hybridized carbons (Fsp3) is 0.421. The largest absolute Gasteiger partial charge is 0.507 e. The number of benzene rings is 1. The standard InChI is InChI=1S/C19H24N2O7/c1-10(5-7-15(23)21-28-9-14(20)22)4-6-12-17(24)16-13(8-27-19(16)25)11(2)18(12)26-3/h4,24H,5-9H2,1-3H3,(H2,20,22)(H,21,23). The third-order valence-corrected chi connectivity index (χ3v) is 4.45. The fourth-order valence-corrected chi connectivity index (χ4v) is 2.96. The Bertz CT molecular complexity index is 830. The number of phenols is 1. The number of hydrogen-bond acceptors (Lipinski definition) is 7. The van der Waals surface area contributed by atoms with Crippen molar-refractivity contribution in [1.82, 2.24) is 5.48 Å². The molecule has 28 heavy (non-hydrogen) atoms. The number of nitrogens with two attached hydrogens (primary N) is 1. The van der Waals surface area contributed by atoms with Crippen molar-refractivity contribution in [1.29, 1.82) is 0 Å². The van der Waals surface area contributed by atoms with Gasteiger partial charge in [0.05, 0.1) is 7.11 Å². The molecule has 9 heteroatoms. The first-order valence-corrected chi connectivity index (χ1v) is 8.69. The molecule has 1 aliphatic rings. The van der Waals surface area contributed by atoms with Gasteiger partial charge in [0.1, 0.15) is 23.7 Å². The molecule has 0 saturated carbocycles. The van der Waals surface area contributed by atoms with Crippen molar-refractivity contribution in [3.63, 3.8) is 0 Å². The van der Waals surface area contributed by atoms with Gasteiger partial charge in [-0.3, -0.25) is 14.4 Å². The molecule has 0 bridgehead atoms. The molecule has 0 saturated heterocycles. The van der Waals surface area contributed by atoms with Gasteiger partial charge in [-0.2, -0.15) is 0 Å². The average Bonchev–Trinajstić information content (AvgIpc) is 3.03. The van der Waals surface area contributed by atoms with E-state index in [-0.39, 0.29) is 36.9 Å². The number of hydroxylamine groups is 1. The zero-order valence-electron chi connectivity index (χ0n) is 16.1. The Morgan fingerprint density at radius 2 is 2.07 bits per heavy atom. The molecule has 152 valence electrons. The van der Waals surface area contributed by atoms with Crippen LogP contribution in [0.5, 0.6) is 11.5 Å². The number of amides is 2. The van der Waals surface area contributed by atoms with Crippen LogP contribution < -0.4 is 16.0 Å². The second kappa shape index (κ2) is 9.23. The molecule has 1 aliphatic heterocycles.